The van der Waals surface area contributed by atoms with E-state index in [9.17, 15) is 0 Å². The molecule has 0 bridgehead atoms. The standard InChI is InChI=1S/C11H18O3/c1-2-13-11(6-4-3-5-7-11)14-9-10-8-12-10/h2,10H,1,3-9H2. The van der Waals surface area contributed by atoms with Gasteiger partial charge in [0.1, 0.15) is 6.10 Å². The molecule has 2 fully saturated rings. The lowest BCUT2D eigenvalue weighted by Gasteiger charge is -2.35. The van der Waals surface area contributed by atoms with Crippen LogP contribution in [0.1, 0.15) is 32.1 Å². The van der Waals surface area contributed by atoms with Gasteiger partial charge in [-0.2, -0.15) is 0 Å². The van der Waals surface area contributed by atoms with Crippen LogP contribution < -0.4 is 0 Å². The summed E-state index contributed by atoms with van der Waals surface area (Å²) in [5.74, 6) is -0.397. The van der Waals surface area contributed by atoms with Gasteiger partial charge in [-0.05, 0) is 12.8 Å². The Labute approximate surface area is 85.0 Å². The van der Waals surface area contributed by atoms with Gasteiger partial charge in [0.05, 0.1) is 19.5 Å². The summed E-state index contributed by atoms with van der Waals surface area (Å²) >= 11 is 0. The molecular weight excluding hydrogens is 180 g/mol. The summed E-state index contributed by atoms with van der Waals surface area (Å²) in [6.07, 6.45) is 7.41. The maximum Gasteiger partial charge on any atom is 0.209 e. The Hall–Kier alpha value is -0.540. The molecule has 3 heteroatoms. The summed E-state index contributed by atoms with van der Waals surface area (Å²) in [6.45, 7) is 5.11. The van der Waals surface area contributed by atoms with Crippen LogP contribution in [0.15, 0.2) is 12.8 Å². The van der Waals surface area contributed by atoms with Crippen molar-refractivity contribution in [2.45, 2.75) is 44.0 Å². The third kappa shape index (κ3) is 2.49. The highest BCUT2D eigenvalue weighted by Crippen LogP contribution is 2.33. The third-order valence-corrected chi connectivity index (χ3v) is 2.85. The Bertz CT molecular complexity index is 193. The Morgan fingerprint density at radius 2 is 2.07 bits per heavy atom. The fourth-order valence-corrected chi connectivity index (χ4v) is 1.95. The van der Waals surface area contributed by atoms with E-state index >= 15 is 0 Å². The Morgan fingerprint density at radius 3 is 2.64 bits per heavy atom. The average molecular weight is 198 g/mol. The van der Waals surface area contributed by atoms with E-state index in [-0.39, 0.29) is 0 Å². The van der Waals surface area contributed by atoms with Crippen molar-refractivity contribution in [2.75, 3.05) is 13.2 Å². The summed E-state index contributed by atoms with van der Waals surface area (Å²) in [4.78, 5) is 0. The summed E-state index contributed by atoms with van der Waals surface area (Å²) in [6, 6.07) is 0. The number of ether oxygens (including phenoxy) is 3. The van der Waals surface area contributed by atoms with E-state index < -0.39 is 5.79 Å². The molecule has 1 heterocycles. The minimum Gasteiger partial charge on any atom is -0.471 e. The van der Waals surface area contributed by atoms with Crippen molar-refractivity contribution >= 4 is 0 Å². The van der Waals surface area contributed by atoms with Crippen molar-refractivity contribution in [2.24, 2.45) is 0 Å². The molecule has 1 unspecified atom stereocenters. The van der Waals surface area contributed by atoms with Gasteiger partial charge in [0.15, 0.2) is 0 Å². The van der Waals surface area contributed by atoms with Crippen LogP contribution in [0.25, 0.3) is 0 Å². The van der Waals surface area contributed by atoms with Gasteiger partial charge in [0, 0.05) is 12.8 Å². The van der Waals surface area contributed by atoms with E-state index in [1.807, 2.05) is 0 Å². The highest BCUT2D eigenvalue weighted by atomic mass is 16.7. The van der Waals surface area contributed by atoms with E-state index in [2.05, 4.69) is 6.58 Å². The molecule has 0 aromatic rings. The molecule has 1 atom stereocenters. The highest BCUT2D eigenvalue weighted by Gasteiger charge is 2.36. The summed E-state index contributed by atoms with van der Waals surface area (Å²) in [5.41, 5.74) is 0. The lowest BCUT2D eigenvalue weighted by Crippen LogP contribution is -2.37. The van der Waals surface area contributed by atoms with E-state index in [0.717, 1.165) is 19.4 Å². The number of epoxide rings is 1. The summed E-state index contributed by atoms with van der Waals surface area (Å²) in [5, 5.41) is 0. The van der Waals surface area contributed by atoms with Crippen LogP contribution in [0, 0.1) is 0 Å². The second kappa shape index (κ2) is 4.32. The zero-order chi connectivity index (χ0) is 9.86. The highest BCUT2D eigenvalue weighted by molar-refractivity contribution is 4.79. The van der Waals surface area contributed by atoms with Gasteiger partial charge in [-0.3, -0.25) is 0 Å². The number of rotatable bonds is 5. The van der Waals surface area contributed by atoms with Crippen LogP contribution in [0.4, 0.5) is 0 Å². The minimum atomic E-state index is -0.397. The smallest absolute Gasteiger partial charge is 0.209 e. The Kier molecular flexibility index (Phi) is 3.08. The van der Waals surface area contributed by atoms with Gasteiger partial charge in [-0.15, -0.1) is 0 Å². The molecule has 0 aromatic heterocycles. The zero-order valence-electron chi connectivity index (χ0n) is 8.54. The van der Waals surface area contributed by atoms with Crippen LogP contribution in [0.2, 0.25) is 0 Å². The van der Waals surface area contributed by atoms with Gasteiger partial charge in [0.25, 0.3) is 0 Å². The van der Waals surface area contributed by atoms with Gasteiger partial charge in [-0.25, -0.2) is 0 Å². The molecule has 1 saturated carbocycles. The van der Waals surface area contributed by atoms with Gasteiger partial charge >= 0.3 is 0 Å². The Morgan fingerprint density at radius 1 is 1.36 bits per heavy atom. The monoisotopic (exact) mass is 198 g/mol. The second-order valence-electron chi connectivity index (χ2n) is 4.02. The lowest BCUT2D eigenvalue weighted by atomic mass is 9.94. The maximum absolute atomic E-state index is 5.82. The van der Waals surface area contributed by atoms with Gasteiger partial charge in [-0.1, -0.05) is 13.0 Å². The normalized spacial score (nSPS) is 29.6. The van der Waals surface area contributed by atoms with Crippen molar-refractivity contribution in [3.8, 4) is 0 Å². The average Bonchev–Trinajstić information content (AvgIpc) is 3.00. The largest absolute Gasteiger partial charge is 0.471 e. The molecule has 0 aromatic carbocycles. The van der Waals surface area contributed by atoms with Crippen LogP contribution in [0.3, 0.4) is 0 Å². The van der Waals surface area contributed by atoms with E-state index in [4.69, 9.17) is 14.2 Å². The van der Waals surface area contributed by atoms with Crippen LogP contribution in [-0.4, -0.2) is 25.1 Å². The molecule has 1 aliphatic heterocycles. The van der Waals surface area contributed by atoms with E-state index in [1.165, 1.54) is 25.5 Å². The van der Waals surface area contributed by atoms with Crippen LogP contribution in [0.5, 0.6) is 0 Å². The topological polar surface area (TPSA) is 31.0 Å². The van der Waals surface area contributed by atoms with Gasteiger partial charge in [0.2, 0.25) is 5.79 Å². The van der Waals surface area contributed by atoms with Crippen molar-refractivity contribution in [3.05, 3.63) is 12.8 Å². The number of hydrogen-bond donors (Lipinski definition) is 0. The molecule has 80 valence electrons. The van der Waals surface area contributed by atoms with Crippen molar-refractivity contribution < 1.29 is 14.2 Å². The second-order valence-corrected chi connectivity index (χ2v) is 4.02. The summed E-state index contributed by atoms with van der Waals surface area (Å²) in [7, 11) is 0. The first kappa shape index (κ1) is 9.99. The predicted octanol–water partition coefficient (Wildman–Crippen LogP) is 2.22. The summed E-state index contributed by atoms with van der Waals surface area (Å²) < 4.78 is 16.5. The molecule has 2 rings (SSSR count). The zero-order valence-corrected chi connectivity index (χ0v) is 8.54. The molecular formula is C11H18O3. The first-order valence-electron chi connectivity index (χ1n) is 5.39. The third-order valence-electron chi connectivity index (χ3n) is 2.85. The van der Waals surface area contributed by atoms with Crippen molar-refractivity contribution in [1.29, 1.82) is 0 Å². The molecule has 2 aliphatic rings. The maximum atomic E-state index is 5.82. The predicted molar refractivity (Wildman–Crippen MR) is 52.8 cm³/mol. The fraction of sp³-hybridized carbons (Fsp3) is 0.818. The quantitative estimate of drug-likeness (QED) is 0.385. The number of hydrogen-bond acceptors (Lipinski definition) is 3. The van der Waals surface area contributed by atoms with Gasteiger partial charge < -0.3 is 14.2 Å². The lowest BCUT2D eigenvalue weighted by molar-refractivity contribution is -0.225. The van der Waals surface area contributed by atoms with Crippen LogP contribution >= 0.6 is 0 Å². The molecule has 14 heavy (non-hydrogen) atoms. The molecule has 1 saturated heterocycles. The van der Waals surface area contributed by atoms with Crippen molar-refractivity contribution in [3.63, 3.8) is 0 Å². The SMILES string of the molecule is C=COC1(OCC2CO2)CCCCC1. The van der Waals surface area contributed by atoms with E-state index in [0.29, 0.717) is 12.7 Å². The first-order chi connectivity index (χ1) is 6.85. The van der Waals surface area contributed by atoms with E-state index in [1.54, 1.807) is 0 Å². The fourth-order valence-electron chi connectivity index (χ4n) is 1.95. The molecule has 0 radical (unpaired) electrons. The molecule has 0 N–H and O–H groups in total. The minimum absolute atomic E-state index is 0.308. The first-order valence-corrected chi connectivity index (χ1v) is 5.39. The molecule has 0 amide bonds. The van der Waals surface area contributed by atoms with Crippen molar-refractivity contribution in [1.82, 2.24) is 0 Å². The Balaban J connectivity index is 1.85. The van der Waals surface area contributed by atoms with Crippen LogP contribution in [-0.2, 0) is 14.2 Å². The molecule has 1 aliphatic carbocycles. The molecule has 0 spiro atoms. The molecule has 3 nitrogen and oxygen atoms in total.